The zero-order valence-corrected chi connectivity index (χ0v) is 14.2. The minimum atomic E-state index is -0.242. The Morgan fingerprint density at radius 1 is 1.46 bits per heavy atom. The monoisotopic (exact) mass is 352 g/mol. The van der Waals surface area contributed by atoms with Gasteiger partial charge in [-0.2, -0.15) is 5.10 Å². The number of primary amides is 1. The third-order valence-corrected chi connectivity index (χ3v) is 5.08. The number of nitrogens with one attached hydrogen (secondary N) is 2. The van der Waals surface area contributed by atoms with Crippen molar-refractivity contribution in [2.75, 3.05) is 11.9 Å². The van der Waals surface area contributed by atoms with Crippen LogP contribution in [0.1, 0.15) is 19.3 Å². The number of aromatic nitrogens is 4. The van der Waals surface area contributed by atoms with Crippen LogP contribution in [0.15, 0.2) is 24.5 Å². The third kappa shape index (κ3) is 2.58. The van der Waals surface area contributed by atoms with Gasteiger partial charge in [-0.1, -0.05) is 0 Å². The smallest absolute Gasteiger partial charge is 0.217 e. The summed E-state index contributed by atoms with van der Waals surface area (Å²) in [6.45, 7) is 1.54. The summed E-state index contributed by atoms with van der Waals surface area (Å²) in [5.41, 5.74) is 9.15. The fourth-order valence-electron chi connectivity index (χ4n) is 3.76. The number of nitrogens with zero attached hydrogens (tertiary/aromatic N) is 3. The molecular formula is C18H20N6O2. The number of H-pyrrole nitrogens is 1. The first kappa shape index (κ1) is 15.2. The normalized spacial score (nSPS) is 21.2. The van der Waals surface area contributed by atoms with Gasteiger partial charge in [0, 0.05) is 37.0 Å². The van der Waals surface area contributed by atoms with Gasteiger partial charge in [-0.15, -0.1) is 0 Å². The van der Waals surface area contributed by atoms with E-state index in [4.69, 9.17) is 15.5 Å². The van der Waals surface area contributed by atoms with Crippen LogP contribution in [0.3, 0.4) is 0 Å². The number of ether oxygens (including phenoxy) is 1. The summed E-state index contributed by atoms with van der Waals surface area (Å²) in [5, 5.41) is 10.4. The second-order valence-electron chi connectivity index (χ2n) is 7.04. The van der Waals surface area contributed by atoms with Gasteiger partial charge in [-0.25, -0.2) is 4.98 Å². The molecule has 3 heterocycles. The number of amides is 1. The maximum absolute atomic E-state index is 11.1. The Hall–Kier alpha value is -3.03. The molecule has 0 spiro atoms. The van der Waals surface area contributed by atoms with Gasteiger partial charge in [-0.05, 0) is 24.8 Å². The second-order valence-corrected chi connectivity index (χ2v) is 7.04. The van der Waals surface area contributed by atoms with E-state index in [2.05, 4.69) is 20.1 Å². The van der Waals surface area contributed by atoms with Crippen molar-refractivity contribution in [2.45, 2.75) is 31.8 Å². The molecule has 8 nitrogen and oxygen atoms in total. The molecule has 1 saturated carbocycles. The molecule has 2 aliphatic rings. The lowest BCUT2D eigenvalue weighted by atomic mass is 10.2. The summed E-state index contributed by atoms with van der Waals surface area (Å²) in [6, 6.07) is 4.37. The number of carbonyl (C=O) groups excluding carboxylic acids is 1. The van der Waals surface area contributed by atoms with Crippen molar-refractivity contribution in [3.8, 4) is 17.1 Å². The standard InChI is InChI=1S/C18H20N6O2/c19-16(25)5-10-4-13(10)22-12-6-14-17-15(7-12)26-3-1-2-24(17)18(23-14)11-8-20-21-9-11/h6-10,13,22H,1-5H2,(H2,19,25)(H,20,21)/t10-,13?/m0/s1. The molecule has 1 amide bonds. The molecule has 4 N–H and O–H groups in total. The van der Waals surface area contributed by atoms with Gasteiger partial charge < -0.3 is 20.4 Å². The predicted octanol–water partition coefficient (Wildman–Crippen LogP) is 1.88. The second kappa shape index (κ2) is 5.76. The molecule has 0 bridgehead atoms. The molecule has 1 fully saturated rings. The lowest BCUT2D eigenvalue weighted by Crippen LogP contribution is -2.14. The van der Waals surface area contributed by atoms with E-state index in [0.29, 0.717) is 18.9 Å². The highest BCUT2D eigenvalue weighted by Crippen LogP contribution is 2.40. The Labute approximate surface area is 149 Å². The van der Waals surface area contributed by atoms with Crippen LogP contribution in [-0.2, 0) is 11.3 Å². The lowest BCUT2D eigenvalue weighted by molar-refractivity contribution is -0.118. The van der Waals surface area contributed by atoms with E-state index < -0.39 is 0 Å². The average molecular weight is 352 g/mol. The number of hydrogen-bond donors (Lipinski definition) is 3. The van der Waals surface area contributed by atoms with E-state index >= 15 is 0 Å². The summed E-state index contributed by atoms with van der Waals surface area (Å²) in [4.78, 5) is 15.9. The first-order valence-electron chi connectivity index (χ1n) is 8.90. The molecule has 0 radical (unpaired) electrons. The molecule has 1 aromatic carbocycles. The Kier molecular flexibility index (Phi) is 3.37. The molecule has 1 aliphatic heterocycles. The largest absolute Gasteiger partial charge is 0.491 e. The SMILES string of the molecule is NC(=O)C[C@@H]1CC1Nc1cc2c3c(c1)nc(-c1cn[nH]c1)n3CCCO2. The Bertz CT molecular complexity index is 977. The van der Waals surface area contributed by atoms with Crippen LogP contribution in [0, 0.1) is 5.92 Å². The van der Waals surface area contributed by atoms with Crippen molar-refractivity contribution in [2.24, 2.45) is 11.7 Å². The van der Waals surface area contributed by atoms with Crippen molar-refractivity contribution in [1.29, 1.82) is 0 Å². The number of carbonyl (C=O) groups is 1. The van der Waals surface area contributed by atoms with Gasteiger partial charge in [0.1, 0.15) is 17.1 Å². The summed E-state index contributed by atoms with van der Waals surface area (Å²) in [6.07, 6.45) is 5.97. The van der Waals surface area contributed by atoms with E-state index in [0.717, 1.165) is 53.2 Å². The van der Waals surface area contributed by atoms with Crippen LogP contribution in [0.4, 0.5) is 5.69 Å². The van der Waals surface area contributed by atoms with Gasteiger partial charge in [-0.3, -0.25) is 9.89 Å². The van der Waals surface area contributed by atoms with Crippen LogP contribution in [-0.4, -0.2) is 38.3 Å². The maximum atomic E-state index is 11.1. The van der Waals surface area contributed by atoms with Crippen LogP contribution >= 0.6 is 0 Å². The number of nitrogens with two attached hydrogens (primary N) is 1. The number of anilines is 1. The van der Waals surface area contributed by atoms with Crippen LogP contribution in [0.2, 0.25) is 0 Å². The van der Waals surface area contributed by atoms with Crippen molar-refractivity contribution in [3.63, 3.8) is 0 Å². The molecular weight excluding hydrogens is 332 g/mol. The number of hydrogen-bond acceptors (Lipinski definition) is 5. The molecule has 26 heavy (non-hydrogen) atoms. The molecule has 3 aromatic rings. The fraction of sp³-hybridized carbons (Fsp3) is 0.389. The quantitative estimate of drug-likeness (QED) is 0.649. The summed E-state index contributed by atoms with van der Waals surface area (Å²) < 4.78 is 8.19. The highest BCUT2D eigenvalue weighted by atomic mass is 16.5. The van der Waals surface area contributed by atoms with Crippen LogP contribution in [0.25, 0.3) is 22.4 Å². The number of imidazole rings is 1. The van der Waals surface area contributed by atoms with Crippen molar-refractivity contribution in [3.05, 3.63) is 24.5 Å². The number of aromatic amines is 1. The maximum Gasteiger partial charge on any atom is 0.217 e. The molecule has 0 saturated heterocycles. The molecule has 8 heteroatoms. The van der Waals surface area contributed by atoms with E-state index in [1.165, 1.54) is 0 Å². The van der Waals surface area contributed by atoms with Gasteiger partial charge in [0.05, 0.1) is 23.9 Å². The minimum Gasteiger partial charge on any atom is -0.491 e. The van der Waals surface area contributed by atoms with Crippen molar-refractivity contribution < 1.29 is 9.53 Å². The van der Waals surface area contributed by atoms with Gasteiger partial charge in [0.2, 0.25) is 5.91 Å². The van der Waals surface area contributed by atoms with Crippen molar-refractivity contribution in [1.82, 2.24) is 19.7 Å². The van der Waals surface area contributed by atoms with Crippen molar-refractivity contribution >= 4 is 22.6 Å². The van der Waals surface area contributed by atoms with Crippen LogP contribution < -0.4 is 15.8 Å². The van der Waals surface area contributed by atoms with Gasteiger partial charge >= 0.3 is 0 Å². The number of rotatable bonds is 5. The predicted molar refractivity (Wildman–Crippen MR) is 96.8 cm³/mol. The molecule has 134 valence electrons. The van der Waals surface area contributed by atoms with Gasteiger partial charge in [0.25, 0.3) is 0 Å². The summed E-state index contributed by atoms with van der Waals surface area (Å²) >= 11 is 0. The summed E-state index contributed by atoms with van der Waals surface area (Å²) in [7, 11) is 0. The number of benzene rings is 1. The molecule has 1 unspecified atom stereocenters. The first-order valence-corrected chi connectivity index (χ1v) is 8.90. The average Bonchev–Trinajstić information content (AvgIpc) is 3.02. The van der Waals surface area contributed by atoms with E-state index in [1.54, 1.807) is 6.20 Å². The van der Waals surface area contributed by atoms with Crippen LogP contribution in [0.5, 0.6) is 5.75 Å². The molecule has 5 rings (SSSR count). The minimum absolute atomic E-state index is 0.242. The Balaban J connectivity index is 1.52. The van der Waals surface area contributed by atoms with E-state index in [9.17, 15) is 4.79 Å². The Morgan fingerprint density at radius 2 is 2.38 bits per heavy atom. The Morgan fingerprint density at radius 3 is 3.19 bits per heavy atom. The zero-order chi connectivity index (χ0) is 17.7. The van der Waals surface area contributed by atoms with Gasteiger partial charge in [0.15, 0.2) is 0 Å². The molecule has 2 aromatic heterocycles. The highest BCUT2D eigenvalue weighted by Gasteiger charge is 2.38. The lowest BCUT2D eigenvalue weighted by Gasteiger charge is -2.10. The molecule has 2 atom stereocenters. The zero-order valence-electron chi connectivity index (χ0n) is 14.2. The summed E-state index contributed by atoms with van der Waals surface area (Å²) in [5.74, 6) is 1.82. The highest BCUT2D eigenvalue weighted by molar-refractivity contribution is 5.89. The first-order chi connectivity index (χ1) is 12.7. The molecule has 1 aliphatic carbocycles. The topological polar surface area (TPSA) is 111 Å². The number of aryl methyl sites for hydroxylation is 1. The fourth-order valence-corrected chi connectivity index (χ4v) is 3.76. The third-order valence-electron chi connectivity index (χ3n) is 5.08. The van der Waals surface area contributed by atoms with E-state index in [1.807, 2.05) is 18.3 Å². The van der Waals surface area contributed by atoms with E-state index in [-0.39, 0.29) is 11.9 Å².